The zero-order chi connectivity index (χ0) is 24.9. The van der Waals surface area contributed by atoms with Crippen LogP contribution >= 0.6 is 0 Å². The van der Waals surface area contributed by atoms with Crippen LogP contribution in [0.3, 0.4) is 0 Å². The summed E-state index contributed by atoms with van der Waals surface area (Å²) in [6.45, 7) is 13.2. The molecular formula is C31H28B2O3. The Labute approximate surface area is 213 Å². The Kier molecular flexibility index (Phi) is 4.35. The first-order chi connectivity index (χ1) is 17.2. The van der Waals surface area contributed by atoms with Gasteiger partial charge in [0.25, 0.3) is 6.71 Å². The highest BCUT2D eigenvalue weighted by atomic mass is 16.5. The number of hydrogen-bond acceptors (Lipinski definition) is 3. The van der Waals surface area contributed by atoms with Crippen molar-refractivity contribution in [3.8, 4) is 34.5 Å². The van der Waals surface area contributed by atoms with Crippen molar-refractivity contribution in [1.29, 1.82) is 0 Å². The van der Waals surface area contributed by atoms with E-state index in [1.165, 1.54) is 38.5 Å². The molecule has 0 amide bonds. The fraction of sp³-hybridized carbons (Fsp3) is 0.226. The Morgan fingerprint density at radius 2 is 1.28 bits per heavy atom. The summed E-state index contributed by atoms with van der Waals surface area (Å²) >= 11 is 0. The van der Waals surface area contributed by atoms with Crippen LogP contribution in [0.25, 0.3) is 0 Å². The lowest BCUT2D eigenvalue weighted by Crippen LogP contribution is -2.58. The quantitative estimate of drug-likeness (QED) is 0.312. The molecule has 0 aliphatic carbocycles. The summed E-state index contributed by atoms with van der Waals surface area (Å²) in [6.07, 6.45) is 0. The number of ether oxygens (including phenoxy) is 3. The maximum atomic E-state index is 6.56. The van der Waals surface area contributed by atoms with Gasteiger partial charge in [0, 0.05) is 11.5 Å². The van der Waals surface area contributed by atoms with Gasteiger partial charge in [-0.15, -0.1) is 0 Å². The van der Waals surface area contributed by atoms with Crippen LogP contribution in [0, 0.1) is 20.8 Å². The Morgan fingerprint density at radius 3 is 2.03 bits per heavy atom. The monoisotopic (exact) mass is 470 g/mol. The van der Waals surface area contributed by atoms with E-state index in [0.717, 1.165) is 52.8 Å². The molecule has 0 aromatic heterocycles. The van der Waals surface area contributed by atoms with Crippen molar-refractivity contribution >= 4 is 41.3 Å². The minimum absolute atomic E-state index is 0.0441. The minimum atomic E-state index is 0.0441. The second-order valence-electron chi connectivity index (χ2n) is 11.6. The van der Waals surface area contributed by atoms with E-state index < -0.39 is 0 Å². The third-order valence-corrected chi connectivity index (χ3v) is 7.83. The summed E-state index contributed by atoms with van der Waals surface area (Å²) in [5.74, 6) is 5.40. The molecule has 0 radical (unpaired) electrons. The average Bonchev–Trinajstić information content (AvgIpc) is 2.80. The van der Waals surface area contributed by atoms with Crippen molar-refractivity contribution < 1.29 is 14.2 Å². The third kappa shape index (κ3) is 3.15. The summed E-state index contributed by atoms with van der Waals surface area (Å²) in [4.78, 5) is 0. The van der Waals surface area contributed by atoms with Crippen molar-refractivity contribution in [2.45, 2.75) is 47.0 Å². The van der Waals surface area contributed by atoms with Gasteiger partial charge in [0.2, 0.25) is 7.28 Å². The zero-order valence-electron chi connectivity index (χ0n) is 21.7. The van der Waals surface area contributed by atoms with Crippen LogP contribution in [0.1, 0.15) is 43.0 Å². The summed E-state index contributed by atoms with van der Waals surface area (Å²) < 4.78 is 19.5. The highest BCUT2D eigenvalue weighted by Gasteiger charge is 2.41. The molecular weight excluding hydrogens is 442 g/mol. The summed E-state index contributed by atoms with van der Waals surface area (Å²) in [5.41, 5.74) is 10.9. The van der Waals surface area contributed by atoms with Crippen molar-refractivity contribution in [2.24, 2.45) is 0 Å². The molecule has 176 valence electrons. The second kappa shape index (κ2) is 7.22. The number of hydrogen-bond donors (Lipinski definition) is 0. The van der Waals surface area contributed by atoms with Gasteiger partial charge in [-0.3, -0.25) is 0 Å². The van der Waals surface area contributed by atoms with E-state index in [-0.39, 0.29) is 12.1 Å². The molecule has 0 unspecified atom stereocenters. The minimum Gasteiger partial charge on any atom is -0.458 e. The van der Waals surface area contributed by atoms with Gasteiger partial charge in [-0.2, -0.15) is 0 Å². The SMILES string of the molecule is Cc1cc(C)c2c(c1)Oc1cc3c(cc1B2)B1c2cc(C(C)(C)C)ccc2Oc2cc(C)cc(c21)O3. The molecule has 7 rings (SSSR count). The molecule has 3 aliphatic heterocycles. The molecule has 4 aromatic rings. The van der Waals surface area contributed by atoms with Gasteiger partial charge in [-0.1, -0.05) is 50.6 Å². The lowest BCUT2D eigenvalue weighted by Gasteiger charge is -2.35. The number of fused-ring (bicyclic) bond motifs is 6. The van der Waals surface area contributed by atoms with Crippen LogP contribution in [0.4, 0.5) is 0 Å². The van der Waals surface area contributed by atoms with Gasteiger partial charge in [0.15, 0.2) is 0 Å². The molecule has 3 heterocycles. The van der Waals surface area contributed by atoms with Gasteiger partial charge < -0.3 is 14.2 Å². The van der Waals surface area contributed by atoms with Crippen LogP contribution in [-0.2, 0) is 5.41 Å². The van der Waals surface area contributed by atoms with Gasteiger partial charge >= 0.3 is 0 Å². The van der Waals surface area contributed by atoms with Crippen LogP contribution in [0.15, 0.2) is 54.6 Å². The predicted octanol–water partition coefficient (Wildman–Crippen LogP) is 4.13. The van der Waals surface area contributed by atoms with Crippen LogP contribution in [-0.4, -0.2) is 14.0 Å². The van der Waals surface area contributed by atoms with E-state index in [1.807, 2.05) is 0 Å². The largest absolute Gasteiger partial charge is 0.458 e. The lowest BCUT2D eigenvalue weighted by atomic mass is 9.34. The first-order valence-corrected chi connectivity index (χ1v) is 12.8. The predicted molar refractivity (Wildman–Crippen MR) is 150 cm³/mol. The first-order valence-electron chi connectivity index (χ1n) is 12.8. The fourth-order valence-electron chi connectivity index (χ4n) is 5.99. The molecule has 0 saturated carbocycles. The molecule has 0 N–H and O–H groups in total. The van der Waals surface area contributed by atoms with Gasteiger partial charge in [-0.25, -0.2) is 0 Å². The second-order valence-corrected chi connectivity index (χ2v) is 11.6. The molecule has 0 bridgehead atoms. The Balaban J connectivity index is 1.45. The van der Waals surface area contributed by atoms with E-state index in [4.69, 9.17) is 14.2 Å². The van der Waals surface area contributed by atoms with E-state index in [9.17, 15) is 0 Å². The average molecular weight is 470 g/mol. The maximum Gasteiger partial charge on any atom is 0.260 e. The van der Waals surface area contributed by atoms with E-state index in [2.05, 4.69) is 96.1 Å². The van der Waals surface area contributed by atoms with Gasteiger partial charge in [-0.05, 0) is 89.0 Å². The number of aryl methyl sites for hydroxylation is 3. The van der Waals surface area contributed by atoms with Gasteiger partial charge in [0.1, 0.15) is 34.5 Å². The van der Waals surface area contributed by atoms with Crippen LogP contribution in [0.2, 0.25) is 0 Å². The van der Waals surface area contributed by atoms with Crippen molar-refractivity contribution in [2.75, 3.05) is 0 Å². The smallest absolute Gasteiger partial charge is 0.260 e. The molecule has 0 saturated heterocycles. The molecule has 3 aliphatic rings. The highest BCUT2D eigenvalue weighted by Crippen LogP contribution is 2.38. The first kappa shape index (κ1) is 21.7. The lowest BCUT2D eigenvalue weighted by molar-refractivity contribution is 0.455. The molecule has 0 atom stereocenters. The van der Waals surface area contributed by atoms with E-state index in [0.29, 0.717) is 0 Å². The number of benzene rings is 4. The molecule has 5 heteroatoms. The molecule has 36 heavy (non-hydrogen) atoms. The summed E-state index contributed by atoms with van der Waals surface area (Å²) in [6, 6.07) is 19.7. The molecule has 0 fully saturated rings. The van der Waals surface area contributed by atoms with Crippen molar-refractivity contribution in [3.05, 3.63) is 76.9 Å². The van der Waals surface area contributed by atoms with Crippen LogP contribution < -0.4 is 41.5 Å². The van der Waals surface area contributed by atoms with E-state index in [1.54, 1.807) is 0 Å². The molecule has 4 aromatic carbocycles. The zero-order valence-corrected chi connectivity index (χ0v) is 21.7. The topological polar surface area (TPSA) is 27.7 Å². The Hall–Kier alpha value is -3.59. The van der Waals surface area contributed by atoms with Gasteiger partial charge in [0.05, 0.1) is 0 Å². The standard InChI is InChI=1S/C31H28B2O3/c1-16-9-18(3)29-26(10-16)35-24-15-25-22(14-20(24)32-29)33-21-13-19(31(4,5)6)7-8-23(21)34-27-11-17(2)12-28(36-25)30(27)33/h7-15,32H,1-6H3. The Morgan fingerprint density at radius 1 is 0.639 bits per heavy atom. The van der Waals surface area contributed by atoms with Crippen molar-refractivity contribution in [1.82, 2.24) is 0 Å². The maximum absolute atomic E-state index is 6.56. The number of rotatable bonds is 0. The molecule has 3 nitrogen and oxygen atoms in total. The molecule has 0 spiro atoms. The van der Waals surface area contributed by atoms with Crippen molar-refractivity contribution in [3.63, 3.8) is 0 Å². The Bertz CT molecular complexity index is 1610. The normalized spacial score (nSPS) is 14.1. The van der Waals surface area contributed by atoms with Crippen LogP contribution in [0.5, 0.6) is 34.5 Å². The highest BCUT2D eigenvalue weighted by molar-refractivity contribution is 6.98. The summed E-state index contributed by atoms with van der Waals surface area (Å²) in [7, 11) is 0.857. The third-order valence-electron chi connectivity index (χ3n) is 7.83. The fourth-order valence-corrected chi connectivity index (χ4v) is 5.99. The summed E-state index contributed by atoms with van der Waals surface area (Å²) in [5, 5.41) is 0. The van der Waals surface area contributed by atoms with E-state index >= 15 is 0 Å².